The molecule has 0 radical (unpaired) electrons. The lowest BCUT2D eigenvalue weighted by Gasteiger charge is -2.36. The molecule has 0 aliphatic carbocycles. The van der Waals surface area contributed by atoms with Gasteiger partial charge in [0.15, 0.2) is 9.84 Å². The largest absolute Gasteiger partial charge is 0.369 e. The van der Waals surface area contributed by atoms with Crippen LogP contribution < -0.4 is 4.90 Å². The van der Waals surface area contributed by atoms with Gasteiger partial charge in [0.25, 0.3) is 0 Å². The monoisotopic (exact) mass is 420 g/mol. The second-order valence-electron chi connectivity index (χ2n) is 7.36. The molecule has 0 amide bonds. The van der Waals surface area contributed by atoms with Crippen molar-refractivity contribution in [3.8, 4) is 11.1 Å². The molecule has 1 fully saturated rings. The third-order valence-corrected chi connectivity index (χ3v) is 7.91. The Labute approximate surface area is 174 Å². The smallest absolute Gasteiger partial charge is 0.179 e. The van der Waals surface area contributed by atoms with Gasteiger partial charge in [0.1, 0.15) is 0 Å². The van der Waals surface area contributed by atoms with Crippen molar-refractivity contribution in [1.29, 1.82) is 0 Å². The molecule has 0 saturated carbocycles. The van der Waals surface area contributed by atoms with Crippen LogP contribution in [0.15, 0.2) is 41.3 Å². The second kappa shape index (κ2) is 8.85. The fourth-order valence-corrected chi connectivity index (χ4v) is 5.77. The fourth-order valence-electron chi connectivity index (χ4n) is 3.76. The van der Waals surface area contributed by atoms with Crippen LogP contribution in [0.5, 0.6) is 0 Å². The molecule has 0 spiro atoms. The van der Waals surface area contributed by atoms with Gasteiger partial charge in [-0.1, -0.05) is 49.7 Å². The Morgan fingerprint density at radius 1 is 1.00 bits per heavy atom. The lowest BCUT2D eigenvalue weighted by Crippen LogP contribution is -2.46. The lowest BCUT2D eigenvalue weighted by atomic mass is 9.99. The van der Waals surface area contributed by atoms with Gasteiger partial charge in [-0.25, -0.2) is 8.42 Å². The van der Waals surface area contributed by atoms with Gasteiger partial charge in [-0.2, -0.15) is 0 Å². The molecule has 2 aromatic carbocycles. The predicted octanol–water partition coefficient (Wildman–Crippen LogP) is 4.64. The standard InChI is InChI=1S/C22H29ClN2O2S/c1-4-14-28(26,27)21-16-18(25-12-10-24(5-2)11-13-25)15-20(22(21)23)19-9-7-6-8-17(19)3/h6-9,15-16H,4-5,10-14H2,1-3H3. The summed E-state index contributed by atoms with van der Waals surface area (Å²) in [6, 6.07) is 11.8. The fraction of sp³-hybridized carbons (Fsp3) is 0.455. The van der Waals surface area contributed by atoms with E-state index in [0.29, 0.717) is 11.4 Å². The van der Waals surface area contributed by atoms with E-state index in [4.69, 9.17) is 11.6 Å². The van der Waals surface area contributed by atoms with Crippen LogP contribution in [0.1, 0.15) is 25.8 Å². The van der Waals surface area contributed by atoms with Crippen LogP contribution in [0.25, 0.3) is 11.1 Å². The number of hydrogen-bond acceptors (Lipinski definition) is 4. The minimum atomic E-state index is -3.43. The predicted molar refractivity (Wildman–Crippen MR) is 118 cm³/mol. The van der Waals surface area contributed by atoms with Gasteiger partial charge in [-0.05, 0) is 43.1 Å². The number of nitrogens with zero attached hydrogens (tertiary/aromatic N) is 2. The molecule has 2 aromatic rings. The molecule has 4 nitrogen and oxygen atoms in total. The van der Waals surface area contributed by atoms with Gasteiger partial charge in [-0.3, -0.25) is 0 Å². The summed E-state index contributed by atoms with van der Waals surface area (Å²) in [5.74, 6) is 0.104. The molecule has 0 N–H and O–H groups in total. The number of sulfone groups is 1. The molecule has 0 aromatic heterocycles. The van der Waals surface area contributed by atoms with Crippen molar-refractivity contribution in [3.63, 3.8) is 0 Å². The highest BCUT2D eigenvalue weighted by atomic mass is 35.5. The van der Waals surface area contributed by atoms with Crippen LogP contribution >= 0.6 is 11.6 Å². The summed E-state index contributed by atoms with van der Waals surface area (Å²) in [5.41, 5.74) is 3.80. The highest BCUT2D eigenvalue weighted by Gasteiger charge is 2.25. The van der Waals surface area contributed by atoms with E-state index in [-0.39, 0.29) is 10.6 Å². The molecular formula is C22H29ClN2O2S. The first-order valence-corrected chi connectivity index (χ1v) is 12.0. The SMILES string of the molecule is CCCS(=O)(=O)c1cc(N2CCN(CC)CC2)cc(-c2ccccc2C)c1Cl. The first-order chi connectivity index (χ1) is 13.4. The lowest BCUT2D eigenvalue weighted by molar-refractivity contribution is 0.271. The number of halogens is 1. The third-order valence-electron chi connectivity index (χ3n) is 5.45. The molecule has 1 heterocycles. The molecule has 1 aliphatic rings. The van der Waals surface area contributed by atoms with Crippen LogP contribution in [-0.4, -0.2) is 51.8 Å². The Kier molecular flexibility index (Phi) is 6.69. The Hall–Kier alpha value is -1.56. The van der Waals surface area contributed by atoms with Crippen molar-refractivity contribution in [1.82, 2.24) is 4.90 Å². The Bertz CT molecular complexity index is 936. The summed E-state index contributed by atoms with van der Waals surface area (Å²) in [7, 11) is -3.43. The van der Waals surface area contributed by atoms with Crippen LogP contribution in [0, 0.1) is 6.92 Å². The maximum absolute atomic E-state index is 12.9. The number of aryl methyl sites for hydroxylation is 1. The van der Waals surface area contributed by atoms with E-state index in [1.165, 1.54) is 0 Å². The number of anilines is 1. The van der Waals surface area contributed by atoms with Gasteiger partial charge in [-0.15, -0.1) is 0 Å². The maximum Gasteiger partial charge on any atom is 0.179 e. The summed E-state index contributed by atoms with van der Waals surface area (Å²) >= 11 is 6.69. The minimum absolute atomic E-state index is 0.104. The average molecular weight is 421 g/mol. The van der Waals surface area contributed by atoms with Crippen molar-refractivity contribution < 1.29 is 8.42 Å². The summed E-state index contributed by atoms with van der Waals surface area (Å²) in [5, 5.41) is 0.332. The van der Waals surface area contributed by atoms with Crippen LogP contribution in [0.3, 0.4) is 0 Å². The summed E-state index contributed by atoms with van der Waals surface area (Å²) < 4.78 is 25.9. The summed E-state index contributed by atoms with van der Waals surface area (Å²) in [4.78, 5) is 4.93. The molecule has 28 heavy (non-hydrogen) atoms. The van der Waals surface area contributed by atoms with Gasteiger partial charge in [0.2, 0.25) is 0 Å². The Balaban J connectivity index is 2.13. The molecule has 1 aliphatic heterocycles. The van der Waals surface area contributed by atoms with E-state index in [9.17, 15) is 8.42 Å². The number of hydrogen-bond donors (Lipinski definition) is 0. The summed E-state index contributed by atoms with van der Waals surface area (Å²) in [6.45, 7) is 10.8. The molecule has 152 valence electrons. The first kappa shape index (κ1) is 21.2. The molecular weight excluding hydrogens is 392 g/mol. The number of piperazine rings is 1. The summed E-state index contributed by atoms with van der Waals surface area (Å²) in [6.07, 6.45) is 0.567. The number of rotatable bonds is 6. The van der Waals surface area contributed by atoms with Crippen LogP contribution in [0.4, 0.5) is 5.69 Å². The minimum Gasteiger partial charge on any atom is -0.369 e. The first-order valence-electron chi connectivity index (χ1n) is 9.97. The van der Waals surface area contributed by atoms with Crippen LogP contribution in [-0.2, 0) is 9.84 Å². The van der Waals surface area contributed by atoms with Crippen LogP contribution in [0.2, 0.25) is 5.02 Å². The van der Waals surface area contributed by atoms with Crippen molar-refractivity contribution >= 4 is 27.1 Å². The number of benzene rings is 2. The van der Waals surface area contributed by atoms with E-state index in [2.05, 4.69) is 22.8 Å². The molecule has 0 unspecified atom stereocenters. The Morgan fingerprint density at radius 2 is 1.68 bits per heavy atom. The van der Waals surface area contributed by atoms with Gasteiger partial charge < -0.3 is 9.80 Å². The highest BCUT2D eigenvalue weighted by molar-refractivity contribution is 7.91. The average Bonchev–Trinajstić information content (AvgIpc) is 2.69. The van der Waals surface area contributed by atoms with E-state index >= 15 is 0 Å². The highest BCUT2D eigenvalue weighted by Crippen LogP contribution is 2.39. The van der Waals surface area contributed by atoms with Gasteiger partial charge in [0.05, 0.1) is 15.7 Å². The normalized spacial score (nSPS) is 15.8. The van der Waals surface area contributed by atoms with E-state index in [1.54, 1.807) is 6.07 Å². The molecule has 6 heteroatoms. The van der Waals surface area contributed by atoms with E-state index in [0.717, 1.165) is 55.1 Å². The van der Waals surface area contributed by atoms with Gasteiger partial charge in [0, 0.05) is 37.4 Å². The third kappa shape index (κ3) is 4.37. The van der Waals surface area contributed by atoms with Crippen molar-refractivity contribution in [2.24, 2.45) is 0 Å². The molecule has 1 saturated heterocycles. The molecule has 0 bridgehead atoms. The second-order valence-corrected chi connectivity index (χ2v) is 9.82. The van der Waals surface area contributed by atoms with Gasteiger partial charge >= 0.3 is 0 Å². The van der Waals surface area contributed by atoms with E-state index < -0.39 is 9.84 Å². The number of likely N-dealkylation sites (N-methyl/N-ethyl adjacent to an activating group) is 1. The zero-order chi connectivity index (χ0) is 20.3. The Morgan fingerprint density at radius 3 is 2.29 bits per heavy atom. The quantitative estimate of drug-likeness (QED) is 0.682. The van der Waals surface area contributed by atoms with E-state index in [1.807, 2.05) is 38.1 Å². The maximum atomic E-state index is 12.9. The van der Waals surface area contributed by atoms with Crippen molar-refractivity contribution in [2.75, 3.05) is 43.4 Å². The molecule has 3 rings (SSSR count). The zero-order valence-corrected chi connectivity index (χ0v) is 18.5. The molecule has 0 atom stereocenters. The topological polar surface area (TPSA) is 40.6 Å². The van der Waals surface area contributed by atoms with Crippen molar-refractivity contribution in [2.45, 2.75) is 32.1 Å². The van der Waals surface area contributed by atoms with Crippen molar-refractivity contribution in [3.05, 3.63) is 47.0 Å². The zero-order valence-electron chi connectivity index (χ0n) is 16.9.